The molecule has 0 spiro atoms. The van der Waals surface area contributed by atoms with Crippen molar-refractivity contribution in [1.82, 2.24) is 14.7 Å². The zero-order chi connectivity index (χ0) is 20.1. The summed E-state index contributed by atoms with van der Waals surface area (Å²) in [7, 11) is 1.20. The Hall–Kier alpha value is -2.61. The standard InChI is InChI=1S/C20H27N3O5/c1-13-17(19(25)22-15(11-24)20(26)27-2)23-10-6-9-16(18(23)21-13)28-12-14-7-4-3-5-8-14/h6,9-10,14-15,24H,3-5,7-8,11-12H2,1-2H3,(H,22,25). The minimum absolute atomic E-state index is 0.292. The van der Waals surface area contributed by atoms with Crippen molar-refractivity contribution < 1.29 is 24.2 Å². The molecule has 1 amide bonds. The smallest absolute Gasteiger partial charge is 0.330 e. The topological polar surface area (TPSA) is 102 Å². The average molecular weight is 389 g/mol. The van der Waals surface area contributed by atoms with Crippen molar-refractivity contribution in [2.45, 2.75) is 45.1 Å². The maximum absolute atomic E-state index is 12.7. The number of amides is 1. The minimum atomic E-state index is -1.13. The van der Waals surface area contributed by atoms with Crippen LogP contribution in [0.15, 0.2) is 18.3 Å². The molecule has 0 aliphatic heterocycles. The van der Waals surface area contributed by atoms with Crippen molar-refractivity contribution in [2.75, 3.05) is 20.3 Å². The van der Waals surface area contributed by atoms with Crippen LogP contribution in [0.25, 0.3) is 5.65 Å². The zero-order valence-corrected chi connectivity index (χ0v) is 16.3. The fourth-order valence-corrected chi connectivity index (χ4v) is 3.65. The monoisotopic (exact) mass is 389 g/mol. The summed E-state index contributed by atoms with van der Waals surface area (Å²) in [4.78, 5) is 28.9. The van der Waals surface area contributed by atoms with E-state index in [1.807, 2.05) is 6.07 Å². The molecule has 2 aromatic heterocycles. The SMILES string of the molecule is COC(=O)C(CO)NC(=O)c1c(C)nc2c(OCC3CCCCC3)cccn12. The molecule has 8 heteroatoms. The van der Waals surface area contributed by atoms with Crippen molar-refractivity contribution in [3.8, 4) is 5.75 Å². The molecule has 2 aromatic rings. The van der Waals surface area contributed by atoms with Crippen molar-refractivity contribution >= 4 is 17.5 Å². The number of carbonyl (C=O) groups excluding carboxylic acids is 2. The molecular weight excluding hydrogens is 362 g/mol. The second-order valence-electron chi connectivity index (χ2n) is 7.16. The van der Waals surface area contributed by atoms with Crippen LogP contribution in [0.1, 0.15) is 48.3 Å². The predicted octanol–water partition coefficient (Wildman–Crippen LogP) is 1.87. The lowest BCUT2D eigenvalue weighted by Crippen LogP contribution is -2.44. The molecule has 2 heterocycles. The first-order valence-electron chi connectivity index (χ1n) is 9.65. The van der Waals surface area contributed by atoms with Crippen LogP contribution in [0.2, 0.25) is 0 Å². The number of rotatable bonds is 7. The maximum atomic E-state index is 12.7. The van der Waals surface area contributed by atoms with Crippen molar-refractivity contribution in [1.29, 1.82) is 0 Å². The number of methoxy groups -OCH3 is 1. The average Bonchev–Trinajstić information content (AvgIpc) is 3.06. The number of hydrogen-bond acceptors (Lipinski definition) is 6. The summed E-state index contributed by atoms with van der Waals surface area (Å²) in [6.07, 6.45) is 7.88. The molecule has 1 aliphatic rings. The molecule has 0 bridgehead atoms. The van der Waals surface area contributed by atoms with Crippen LogP contribution >= 0.6 is 0 Å². The third-order valence-corrected chi connectivity index (χ3v) is 5.18. The van der Waals surface area contributed by atoms with E-state index < -0.39 is 24.5 Å². The quantitative estimate of drug-likeness (QED) is 0.701. The van der Waals surface area contributed by atoms with E-state index in [2.05, 4.69) is 15.0 Å². The highest BCUT2D eigenvalue weighted by Crippen LogP contribution is 2.27. The maximum Gasteiger partial charge on any atom is 0.330 e. The fourth-order valence-electron chi connectivity index (χ4n) is 3.65. The number of aryl methyl sites for hydroxylation is 1. The third kappa shape index (κ3) is 4.27. The zero-order valence-electron chi connectivity index (χ0n) is 16.3. The summed E-state index contributed by atoms with van der Waals surface area (Å²) in [5.41, 5.74) is 1.35. The van der Waals surface area contributed by atoms with Crippen LogP contribution in [0.5, 0.6) is 5.75 Å². The van der Waals surface area contributed by atoms with Crippen LogP contribution in [-0.2, 0) is 9.53 Å². The van der Waals surface area contributed by atoms with Gasteiger partial charge in [-0.25, -0.2) is 9.78 Å². The van der Waals surface area contributed by atoms with Gasteiger partial charge in [-0.1, -0.05) is 19.3 Å². The number of pyridine rings is 1. The first-order valence-corrected chi connectivity index (χ1v) is 9.65. The molecule has 3 rings (SSSR count). The number of nitrogens with zero attached hydrogens (tertiary/aromatic N) is 2. The summed E-state index contributed by atoms with van der Waals surface area (Å²) < 4.78 is 12.3. The van der Waals surface area contributed by atoms with E-state index in [0.717, 1.165) is 0 Å². The number of hydrogen-bond donors (Lipinski definition) is 2. The van der Waals surface area contributed by atoms with E-state index in [1.165, 1.54) is 39.2 Å². The molecule has 0 radical (unpaired) electrons. The van der Waals surface area contributed by atoms with Gasteiger partial charge in [0.2, 0.25) is 0 Å². The molecule has 152 valence electrons. The second kappa shape index (κ2) is 9.05. The Morgan fingerprint density at radius 2 is 2.11 bits per heavy atom. The van der Waals surface area contributed by atoms with E-state index in [-0.39, 0.29) is 0 Å². The van der Waals surface area contributed by atoms with Gasteiger partial charge in [0.25, 0.3) is 5.91 Å². The van der Waals surface area contributed by atoms with Gasteiger partial charge in [-0.2, -0.15) is 0 Å². The molecule has 0 saturated heterocycles. The van der Waals surface area contributed by atoms with E-state index >= 15 is 0 Å². The number of aliphatic hydroxyl groups excluding tert-OH is 1. The Balaban J connectivity index is 1.81. The molecule has 8 nitrogen and oxygen atoms in total. The van der Waals surface area contributed by atoms with Crippen LogP contribution in [-0.4, -0.2) is 52.7 Å². The van der Waals surface area contributed by atoms with Gasteiger partial charge in [0, 0.05) is 6.20 Å². The first-order chi connectivity index (χ1) is 13.5. The fraction of sp³-hybridized carbons (Fsp3) is 0.550. The van der Waals surface area contributed by atoms with Crippen LogP contribution < -0.4 is 10.1 Å². The Labute approximate surface area is 163 Å². The van der Waals surface area contributed by atoms with Gasteiger partial charge in [-0.15, -0.1) is 0 Å². The molecule has 28 heavy (non-hydrogen) atoms. The molecule has 1 aliphatic carbocycles. The van der Waals surface area contributed by atoms with Crippen molar-refractivity contribution in [3.63, 3.8) is 0 Å². The van der Waals surface area contributed by atoms with E-state index in [9.17, 15) is 14.7 Å². The van der Waals surface area contributed by atoms with E-state index in [1.54, 1.807) is 23.6 Å². The molecular formula is C20H27N3O5. The third-order valence-electron chi connectivity index (χ3n) is 5.18. The molecule has 1 fully saturated rings. The van der Waals surface area contributed by atoms with Crippen molar-refractivity contribution in [3.05, 3.63) is 29.7 Å². The molecule has 0 aromatic carbocycles. The highest BCUT2D eigenvalue weighted by Gasteiger charge is 2.25. The Morgan fingerprint density at radius 3 is 2.79 bits per heavy atom. The van der Waals surface area contributed by atoms with Gasteiger partial charge in [0.1, 0.15) is 5.69 Å². The predicted molar refractivity (Wildman–Crippen MR) is 102 cm³/mol. The van der Waals surface area contributed by atoms with Gasteiger partial charge >= 0.3 is 5.97 Å². The number of aliphatic hydroxyl groups is 1. The highest BCUT2D eigenvalue weighted by atomic mass is 16.5. The van der Waals surface area contributed by atoms with E-state index in [4.69, 9.17) is 4.74 Å². The summed E-state index contributed by atoms with van der Waals surface area (Å²) in [6.45, 7) is 1.81. The Kier molecular flexibility index (Phi) is 6.51. The number of fused-ring (bicyclic) bond motifs is 1. The number of nitrogens with one attached hydrogen (secondary N) is 1. The summed E-state index contributed by atoms with van der Waals surface area (Å²) >= 11 is 0. The van der Waals surface area contributed by atoms with Crippen molar-refractivity contribution in [2.24, 2.45) is 5.92 Å². The second-order valence-corrected chi connectivity index (χ2v) is 7.16. The first kappa shape index (κ1) is 20.1. The largest absolute Gasteiger partial charge is 0.489 e. The van der Waals surface area contributed by atoms with Crippen LogP contribution in [0.4, 0.5) is 0 Å². The number of imidazole rings is 1. The number of esters is 1. The van der Waals surface area contributed by atoms with Gasteiger partial charge in [0.05, 0.1) is 26.0 Å². The minimum Gasteiger partial charge on any atom is -0.489 e. The lowest BCUT2D eigenvalue weighted by atomic mass is 9.90. The van der Waals surface area contributed by atoms with Gasteiger partial charge in [-0.05, 0) is 37.8 Å². The Morgan fingerprint density at radius 1 is 1.36 bits per heavy atom. The molecule has 1 atom stereocenters. The number of aromatic nitrogens is 2. The van der Waals surface area contributed by atoms with Gasteiger partial charge < -0.3 is 19.9 Å². The molecule has 2 N–H and O–H groups in total. The van der Waals surface area contributed by atoms with E-state index in [0.29, 0.717) is 35.3 Å². The summed E-state index contributed by atoms with van der Waals surface area (Å²) in [6, 6.07) is 2.51. The molecule has 1 unspecified atom stereocenters. The highest BCUT2D eigenvalue weighted by molar-refractivity contribution is 5.97. The summed E-state index contributed by atoms with van der Waals surface area (Å²) in [5, 5.41) is 11.8. The van der Waals surface area contributed by atoms with Gasteiger partial charge in [-0.3, -0.25) is 9.20 Å². The lowest BCUT2D eigenvalue weighted by molar-refractivity contribution is -0.143. The number of ether oxygens (including phenoxy) is 2. The van der Waals surface area contributed by atoms with Crippen LogP contribution in [0, 0.1) is 12.8 Å². The summed E-state index contributed by atoms with van der Waals surface area (Å²) in [5.74, 6) is -0.0437. The lowest BCUT2D eigenvalue weighted by Gasteiger charge is -2.21. The number of carbonyl (C=O) groups is 2. The Bertz CT molecular complexity index is 842. The van der Waals surface area contributed by atoms with Gasteiger partial charge in [0.15, 0.2) is 17.4 Å². The normalized spacial score (nSPS) is 16.0. The molecule has 1 saturated carbocycles. The van der Waals surface area contributed by atoms with Crippen LogP contribution in [0.3, 0.4) is 0 Å².